The number of ketones is 1. The number of nitrogens with two attached hydrogens (primary N) is 1. The van der Waals surface area contributed by atoms with Gasteiger partial charge in [-0.25, -0.2) is 0 Å². The van der Waals surface area contributed by atoms with Crippen LogP contribution in [0.15, 0.2) is 54.6 Å². The van der Waals surface area contributed by atoms with Crippen LogP contribution in [0.2, 0.25) is 0 Å². The maximum absolute atomic E-state index is 12.0. The molecule has 19 heavy (non-hydrogen) atoms. The topological polar surface area (TPSA) is 43.1 Å². The molecular weight excluding hydrogens is 234 g/mol. The second-order valence-electron chi connectivity index (χ2n) is 4.63. The lowest BCUT2D eigenvalue weighted by atomic mass is 10.0. The molecule has 0 aliphatic carbocycles. The van der Waals surface area contributed by atoms with Crippen LogP contribution in [0.25, 0.3) is 5.70 Å². The first-order valence-electron chi connectivity index (χ1n) is 6.22. The molecule has 0 aliphatic rings. The third-order valence-corrected chi connectivity index (χ3v) is 3.19. The molecule has 96 valence electrons. The van der Waals surface area contributed by atoms with Gasteiger partial charge in [0, 0.05) is 17.3 Å². The summed E-state index contributed by atoms with van der Waals surface area (Å²) in [4.78, 5) is 12.0. The van der Waals surface area contributed by atoms with Crippen molar-refractivity contribution < 1.29 is 4.79 Å². The highest BCUT2D eigenvalue weighted by Gasteiger charge is 2.05. The Labute approximate surface area is 113 Å². The van der Waals surface area contributed by atoms with Gasteiger partial charge in [-0.1, -0.05) is 42.5 Å². The number of benzene rings is 2. The van der Waals surface area contributed by atoms with Crippen molar-refractivity contribution in [1.82, 2.24) is 0 Å². The van der Waals surface area contributed by atoms with E-state index in [0.29, 0.717) is 11.3 Å². The van der Waals surface area contributed by atoms with Crippen LogP contribution in [0.5, 0.6) is 0 Å². The van der Waals surface area contributed by atoms with Crippen LogP contribution in [0, 0.1) is 13.8 Å². The lowest BCUT2D eigenvalue weighted by Crippen LogP contribution is -2.02. The number of hydrogen-bond donors (Lipinski definition) is 1. The SMILES string of the molecule is Cc1ccc(/C(N)=C/C(=O)c2ccccc2)cc1C. The molecule has 0 saturated heterocycles. The molecule has 0 radical (unpaired) electrons. The molecule has 0 unspecified atom stereocenters. The number of carbonyl (C=O) groups excluding carboxylic acids is 1. The minimum absolute atomic E-state index is 0.0728. The highest BCUT2D eigenvalue weighted by molar-refractivity contribution is 6.08. The lowest BCUT2D eigenvalue weighted by molar-refractivity contribution is 0.104. The second-order valence-corrected chi connectivity index (χ2v) is 4.63. The molecule has 0 amide bonds. The average molecular weight is 251 g/mol. The average Bonchev–Trinajstić information content (AvgIpc) is 2.42. The molecule has 0 aromatic heterocycles. The maximum atomic E-state index is 12.0. The molecule has 2 nitrogen and oxygen atoms in total. The number of carbonyl (C=O) groups is 1. The third kappa shape index (κ3) is 3.10. The van der Waals surface area contributed by atoms with Gasteiger partial charge in [-0.2, -0.15) is 0 Å². The molecule has 0 spiro atoms. The quantitative estimate of drug-likeness (QED) is 0.670. The zero-order chi connectivity index (χ0) is 13.8. The monoisotopic (exact) mass is 251 g/mol. The largest absolute Gasteiger partial charge is 0.398 e. The first-order chi connectivity index (χ1) is 9.08. The molecule has 0 aliphatic heterocycles. The minimum Gasteiger partial charge on any atom is -0.398 e. The summed E-state index contributed by atoms with van der Waals surface area (Å²) in [5, 5.41) is 0. The van der Waals surface area contributed by atoms with Crippen molar-refractivity contribution in [3.63, 3.8) is 0 Å². The van der Waals surface area contributed by atoms with Crippen molar-refractivity contribution >= 4 is 11.5 Å². The summed E-state index contributed by atoms with van der Waals surface area (Å²) in [5.41, 5.74) is 10.4. The smallest absolute Gasteiger partial charge is 0.187 e. The highest BCUT2D eigenvalue weighted by Crippen LogP contribution is 2.15. The fourth-order valence-corrected chi connectivity index (χ4v) is 1.83. The molecule has 2 N–H and O–H groups in total. The Kier molecular flexibility index (Phi) is 3.81. The van der Waals surface area contributed by atoms with E-state index in [1.165, 1.54) is 17.2 Å². The van der Waals surface area contributed by atoms with E-state index in [2.05, 4.69) is 0 Å². The fraction of sp³-hybridized carbons (Fsp3) is 0.118. The Morgan fingerprint density at radius 1 is 0.947 bits per heavy atom. The summed E-state index contributed by atoms with van der Waals surface area (Å²) >= 11 is 0. The van der Waals surface area contributed by atoms with E-state index in [4.69, 9.17) is 5.73 Å². The van der Waals surface area contributed by atoms with Crippen LogP contribution >= 0.6 is 0 Å². The maximum Gasteiger partial charge on any atom is 0.187 e. The van der Waals surface area contributed by atoms with Gasteiger partial charge in [0.05, 0.1) is 0 Å². The Morgan fingerprint density at radius 3 is 2.26 bits per heavy atom. The molecule has 2 heteroatoms. The van der Waals surface area contributed by atoms with Crippen molar-refractivity contribution in [2.75, 3.05) is 0 Å². The van der Waals surface area contributed by atoms with Gasteiger partial charge in [0.15, 0.2) is 5.78 Å². The van der Waals surface area contributed by atoms with Crippen molar-refractivity contribution in [3.05, 3.63) is 76.9 Å². The zero-order valence-electron chi connectivity index (χ0n) is 11.2. The highest BCUT2D eigenvalue weighted by atomic mass is 16.1. The number of hydrogen-bond acceptors (Lipinski definition) is 2. The van der Waals surface area contributed by atoms with E-state index in [1.54, 1.807) is 12.1 Å². The third-order valence-electron chi connectivity index (χ3n) is 3.19. The molecule has 2 aromatic rings. The van der Waals surface area contributed by atoms with Crippen LogP contribution in [-0.2, 0) is 0 Å². The van der Waals surface area contributed by atoms with Gasteiger partial charge >= 0.3 is 0 Å². The van der Waals surface area contributed by atoms with E-state index in [-0.39, 0.29) is 5.78 Å². The van der Waals surface area contributed by atoms with Gasteiger partial charge in [-0.3, -0.25) is 4.79 Å². The Balaban J connectivity index is 2.28. The van der Waals surface area contributed by atoms with E-state index in [1.807, 2.05) is 50.2 Å². The molecule has 2 rings (SSSR count). The van der Waals surface area contributed by atoms with Crippen LogP contribution in [0.4, 0.5) is 0 Å². The van der Waals surface area contributed by atoms with E-state index < -0.39 is 0 Å². The Hall–Kier alpha value is -2.35. The predicted molar refractivity (Wildman–Crippen MR) is 78.9 cm³/mol. The second kappa shape index (κ2) is 5.53. The number of allylic oxidation sites excluding steroid dienone is 1. The molecule has 2 aromatic carbocycles. The van der Waals surface area contributed by atoms with Crippen molar-refractivity contribution in [1.29, 1.82) is 0 Å². The Bertz CT molecular complexity index is 627. The summed E-state index contributed by atoms with van der Waals surface area (Å²) in [6, 6.07) is 15.1. The van der Waals surface area contributed by atoms with Gasteiger partial charge < -0.3 is 5.73 Å². The van der Waals surface area contributed by atoms with Crippen molar-refractivity contribution in [2.24, 2.45) is 5.73 Å². The van der Waals surface area contributed by atoms with Crippen molar-refractivity contribution in [2.45, 2.75) is 13.8 Å². The van der Waals surface area contributed by atoms with Crippen LogP contribution in [0.3, 0.4) is 0 Å². The fourth-order valence-electron chi connectivity index (χ4n) is 1.83. The van der Waals surface area contributed by atoms with Crippen LogP contribution in [-0.4, -0.2) is 5.78 Å². The molecule has 0 saturated carbocycles. The van der Waals surface area contributed by atoms with Crippen molar-refractivity contribution in [3.8, 4) is 0 Å². The summed E-state index contributed by atoms with van der Waals surface area (Å²) in [6.45, 7) is 4.08. The summed E-state index contributed by atoms with van der Waals surface area (Å²) in [6.07, 6.45) is 1.49. The summed E-state index contributed by atoms with van der Waals surface area (Å²) in [7, 11) is 0. The van der Waals surface area contributed by atoms with E-state index in [0.717, 1.165) is 5.56 Å². The van der Waals surface area contributed by atoms with E-state index >= 15 is 0 Å². The summed E-state index contributed by atoms with van der Waals surface area (Å²) < 4.78 is 0. The normalized spacial score (nSPS) is 11.4. The predicted octanol–water partition coefficient (Wildman–Crippen LogP) is 3.49. The Morgan fingerprint density at radius 2 is 1.63 bits per heavy atom. The molecule has 0 bridgehead atoms. The first kappa shape index (κ1) is 13.1. The molecular formula is C17H17NO. The van der Waals surface area contributed by atoms with Gasteiger partial charge in [-0.15, -0.1) is 0 Å². The molecule has 0 heterocycles. The summed E-state index contributed by atoms with van der Waals surface area (Å²) in [5.74, 6) is -0.0728. The minimum atomic E-state index is -0.0728. The van der Waals surface area contributed by atoms with Gasteiger partial charge in [0.25, 0.3) is 0 Å². The first-order valence-corrected chi connectivity index (χ1v) is 6.22. The van der Waals surface area contributed by atoms with Gasteiger partial charge in [0.1, 0.15) is 0 Å². The van der Waals surface area contributed by atoms with Gasteiger partial charge in [-0.05, 0) is 36.6 Å². The van der Waals surface area contributed by atoms with Gasteiger partial charge in [0.2, 0.25) is 0 Å². The number of aryl methyl sites for hydroxylation is 2. The standard InChI is InChI=1S/C17H17NO/c1-12-8-9-15(10-13(12)2)16(18)11-17(19)14-6-4-3-5-7-14/h3-11H,18H2,1-2H3/b16-11-. The molecule has 0 atom stereocenters. The van der Waals surface area contributed by atoms with Crippen LogP contribution in [0.1, 0.15) is 27.0 Å². The van der Waals surface area contributed by atoms with Crippen LogP contribution < -0.4 is 5.73 Å². The zero-order valence-corrected chi connectivity index (χ0v) is 11.2. The number of rotatable bonds is 3. The molecule has 0 fully saturated rings. The lowest BCUT2D eigenvalue weighted by Gasteiger charge is -2.05. The van der Waals surface area contributed by atoms with E-state index in [9.17, 15) is 4.79 Å².